The van der Waals surface area contributed by atoms with Crippen molar-refractivity contribution in [1.82, 2.24) is 14.5 Å². The number of benzene rings is 2. The molecule has 1 aliphatic carbocycles. The second-order valence-electron chi connectivity index (χ2n) is 8.86. The number of nitrogens with zero attached hydrogens (tertiary/aromatic N) is 3. The minimum Gasteiger partial charge on any atom is -0.489 e. The van der Waals surface area contributed by atoms with E-state index in [0.717, 1.165) is 30.9 Å². The number of primary amides is 1. The standard InChI is InChI=1S/C25H28N4O2/c1-28-15-22(27-16-28)18-9-10-23(21(11-18)25(26)30)31-24-19-7-8-20(24)14-29(13-19)12-17-5-3-2-4-6-17/h2-6,9-11,15-16,19-20,24H,7-8,12-14H2,1H3,(H2,26,30)/t19-,20+,24?. The zero-order chi connectivity index (χ0) is 21.4. The van der Waals surface area contributed by atoms with Crippen LogP contribution >= 0.6 is 0 Å². The molecule has 1 aromatic heterocycles. The molecule has 3 aromatic rings. The van der Waals surface area contributed by atoms with Gasteiger partial charge >= 0.3 is 0 Å². The van der Waals surface area contributed by atoms with Gasteiger partial charge in [-0.25, -0.2) is 4.98 Å². The number of aromatic nitrogens is 2. The zero-order valence-electron chi connectivity index (χ0n) is 17.8. The molecule has 31 heavy (non-hydrogen) atoms. The summed E-state index contributed by atoms with van der Waals surface area (Å²) >= 11 is 0. The van der Waals surface area contributed by atoms with E-state index in [1.54, 1.807) is 12.4 Å². The van der Waals surface area contributed by atoms with Crippen molar-refractivity contribution in [2.24, 2.45) is 24.6 Å². The van der Waals surface area contributed by atoms with Gasteiger partial charge in [0.05, 0.1) is 17.6 Å². The van der Waals surface area contributed by atoms with Crippen LogP contribution in [0.2, 0.25) is 0 Å². The first-order chi connectivity index (χ1) is 15.1. The highest BCUT2D eigenvalue weighted by Gasteiger charge is 2.43. The van der Waals surface area contributed by atoms with Gasteiger partial charge in [-0.05, 0) is 36.6 Å². The van der Waals surface area contributed by atoms with Crippen LogP contribution in [0.4, 0.5) is 0 Å². The summed E-state index contributed by atoms with van der Waals surface area (Å²) in [4.78, 5) is 19.1. The molecule has 2 fully saturated rings. The summed E-state index contributed by atoms with van der Waals surface area (Å²) in [5, 5.41) is 0. The molecule has 2 aromatic carbocycles. The fraction of sp³-hybridized carbons (Fsp3) is 0.360. The van der Waals surface area contributed by atoms with Crippen LogP contribution in [0.1, 0.15) is 28.8 Å². The third kappa shape index (κ3) is 4.08. The Morgan fingerprint density at radius 1 is 1.13 bits per heavy atom. The Labute approximate surface area is 182 Å². The SMILES string of the molecule is Cn1cnc(-c2ccc(OC3[C@@H]4CC[C@H]3CN(Cc3ccccc3)C4)c(C(N)=O)c2)c1. The molecule has 0 radical (unpaired) electrons. The highest BCUT2D eigenvalue weighted by atomic mass is 16.5. The molecule has 1 saturated heterocycles. The van der Waals surface area contributed by atoms with Crippen LogP contribution in [0, 0.1) is 11.8 Å². The molecule has 2 heterocycles. The van der Waals surface area contributed by atoms with Gasteiger partial charge in [-0.3, -0.25) is 9.69 Å². The molecule has 2 bridgehead atoms. The number of amides is 1. The van der Waals surface area contributed by atoms with Gasteiger partial charge < -0.3 is 15.0 Å². The maximum atomic E-state index is 12.2. The second-order valence-corrected chi connectivity index (χ2v) is 8.86. The number of nitrogens with two attached hydrogens (primary N) is 1. The van der Waals surface area contributed by atoms with Crippen molar-refractivity contribution in [3.05, 3.63) is 72.2 Å². The lowest BCUT2D eigenvalue weighted by Crippen LogP contribution is -2.46. The maximum absolute atomic E-state index is 12.2. The largest absolute Gasteiger partial charge is 0.489 e. The van der Waals surface area contributed by atoms with Crippen molar-refractivity contribution >= 4 is 5.91 Å². The van der Waals surface area contributed by atoms with Gasteiger partial charge in [-0.15, -0.1) is 0 Å². The van der Waals surface area contributed by atoms with Gasteiger partial charge in [-0.1, -0.05) is 30.3 Å². The number of carbonyl (C=O) groups excluding carboxylic acids is 1. The molecule has 6 nitrogen and oxygen atoms in total. The van der Waals surface area contributed by atoms with Crippen LogP contribution in [-0.2, 0) is 13.6 Å². The molecule has 1 unspecified atom stereocenters. The third-order valence-electron chi connectivity index (χ3n) is 6.58. The highest BCUT2D eigenvalue weighted by molar-refractivity contribution is 5.97. The molecule has 2 N–H and O–H groups in total. The lowest BCUT2D eigenvalue weighted by molar-refractivity contribution is 0.0303. The van der Waals surface area contributed by atoms with Crippen molar-refractivity contribution in [3.63, 3.8) is 0 Å². The van der Waals surface area contributed by atoms with E-state index in [1.165, 1.54) is 18.4 Å². The van der Waals surface area contributed by atoms with Crippen LogP contribution in [0.5, 0.6) is 5.75 Å². The van der Waals surface area contributed by atoms with Crippen molar-refractivity contribution < 1.29 is 9.53 Å². The Morgan fingerprint density at radius 3 is 2.52 bits per heavy atom. The van der Waals surface area contributed by atoms with E-state index in [9.17, 15) is 4.79 Å². The van der Waals surface area contributed by atoms with Gasteiger partial charge in [0.15, 0.2) is 0 Å². The molecule has 0 spiro atoms. The highest BCUT2D eigenvalue weighted by Crippen LogP contribution is 2.40. The molecule has 160 valence electrons. The Kier molecular flexibility index (Phi) is 5.24. The molecule has 5 rings (SSSR count). The van der Waals surface area contributed by atoms with Crippen molar-refractivity contribution in [2.75, 3.05) is 13.1 Å². The van der Waals surface area contributed by atoms with E-state index in [1.807, 2.05) is 29.9 Å². The summed E-state index contributed by atoms with van der Waals surface area (Å²) < 4.78 is 8.36. The van der Waals surface area contributed by atoms with Crippen LogP contribution < -0.4 is 10.5 Å². The summed E-state index contributed by atoms with van der Waals surface area (Å²) in [6.45, 7) is 3.02. The Balaban J connectivity index is 1.32. The smallest absolute Gasteiger partial charge is 0.252 e. The minimum absolute atomic E-state index is 0.130. The number of rotatable bonds is 6. The van der Waals surface area contributed by atoms with Crippen molar-refractivity contribution in [1.29, 1.82) is 0 Å². The molecule has 1 amide bonds. The molecule has 6 heteroatoms. The van der Waals surface area contributed by atoms with Crippen molar-refractivity contribution in [3.8, 4) is 17.0 Å². The topological polar surface area (TPSA) is 73.4 Å². The summed E-state index contributed by atoms with van der Waals surface area (Å²) in [6, 6.07) is 16.3. The fourth-order valence-electron chi connectivity index (χ4n) is 5.13. The number of likely N-dealkylation sites (tertiary alicyclic amines) is 1. The average Bonchev–Trinajstić information content (AvgIpc) is 3.29. The maximum Gasteiger partial charge on any atom is 0.252 e. The number of piperidine rings is 1. The molecule has 1 aliphatic heterocycles. The number of fused-ring (bicyclic) bond motifs is 2. The summed E-state index contributed by atoms with van der Waals surface area (Å²) in [5.41, 5.74) is 9.16. The van der Waals surface area contributed by atoms with E-state index >= 15 is 0 Å². The quantitative estimate of drug-likeness (QED) is 0.668. The summed E-state index contributed by atoms with van der Waals surface area (Å²) in [5.74, 6) is 1.06. The normalized spacial score (nSPS) is 23.1. The first kappa shape index (κ1) is 19.8. The molecular weight excluding hydrogens is 388 g/mol. The summed E-state index contributed by atoms with van der Waals surface area (Å²) in [7, 11) is 1.92. The molecule has 3 atom stereocenters. The van der Waals surface area contributed by atoms with E-state index in [-0.39, 0.29) is 6.10 Å². The van der Waals surface area contributed by atoms with E-state index < -0.39 is 5.91 Å². The zero-order valence-corrected chi connectivity index (χ0v) is 17.8. The molecular formula is C25H28N4O2. The first-order valence-electron chi connectivity index (χ1n) is 10.9. The first-order valence-corrected chi connectivity index (χ1v) is 10.9. The monoisotopic (exact) mass is 416 g/mol. The number of ether oxygens (including phenoxy) is 1. The summed E-state index contributed by atoms with van der Waals surface area (Å²) in [6.07, 6.45) is 6.12. The third-order valence-corrected chi connectivity index (χ3v) is 6.58. The van der Waals surface area contributed by atoms with Gasteiger partial charge in [0.2, 0.25) is 0 Å². The number of carbonyl (C=O) groups is 1. The average molecular weight is 417 g/mol. The molecule has 1 saturated carbocycles. The fourth-order valence-corrected chi connectivity index (χ4v) is 5.13. The van der Waals surface area contributed by atoms with E-state index in [0.29, 0.717) is 23.1 Å². The second kappa shape index (κ2) is 8.19. The number of hydrogen-bond donors (Lipinski definition) is 1. The Bertz CT molecular complexity index is 1060. The Hall–Kier alpha value is -3.12. The van der Waals surface area contributed by atoms with E-state index in [2.05, 4.69) is 40.2 Å². The number of imidazole rings is 1. The van der Waals surface area contributed by atoms with Crippen LogP contribution in [0.15, 0.2) is 61.1 Å². The van der Waals surface area contributed by atoms with Crippen LogP contribution in [0.3, 0.4) is 0 Å². The predicted octanol–water partition coefficient (Wildman–Crippen LogP) is 3.48. The molecule has 2 aliphatic rings. The van der Waals surface area contributed by atoms with Gasteiger partial charge in [0, 0.05) is 50.3 Å². The van der Waals surface area contributed by atoms with Crippen LogP contribution in [-0.4, -0.2) is 39.6 Å². The van der Waals surface area contributed by atoms with Gasteiger partial charge in [0.1, 0.15) is 11.9 Å². The van der Waals surface area contributed by atoms with Gasteiger partial charge in [0.25, 0.3) is 5.91 Å². The van der Waals surface area contributed by atoms with Crippen LogP contribution in [0.25, 0.3) is 11.3 Å². The Morgan fingerprint density at radius 2 is 1.87 bits per heavy atom. The number of aryl methyl sites for hydroxylation is 1. The predicted molar refractivity (Wildman–Crippen MR) is 120 cm³/mol. The van der Waals surface area contributed by atoms with Crippen molar-refractivity contribution in [2.45, 2.75) is 25.5 Å². The lowest BCUT2D eigenvalue weighted by atomic mass is 9.94. The lowest BCUT2D eigenvalue weighted by Gasteiger charge is -2.38. The number of hydrogen-bond acceptors (Lipinski definition) is 4. The minimum atomic E-state index is -0.471. The van der Waals surface area contributed by atoms with E-state index in [4.69, 9.17) is 10.5 Å². The van der Waals surface area contributed by atoms with Gasteiger partial charge in [-0.2, -0.15) is 0 Å².